The molecule has 1 aromatic rings. The van der Waals surface area contributed by atoms with E-state index >= 15 is 0 Å². The van der Waals surface area contributed by atoms with E-state index in [1.807, 2.05) is 23.1 Å². The summed E-state index contributed by atoms with van der Waals surface area (Å²) in [5.74, 6) is 0.555. The van der Waals surface area contributed by atoms with Crippen molar-refractivity contribution in [2.45, 2.75) is 25.2 Å². The van der Waals surface area contributed by atoms with Crippen molar-refractivity contribution in [3.05, 3.63) is 35.9 Å². The van der Waals surface area contributed by atoms with Crippen LogP contribution in [0.1, 0.15) is 30.7 Å². The predicted molar refractivity (Wildman–Crippen MR) is 81.2 cm³/mol. The van der Waals surface area contributed by atoms with Crippen LogP contribution < -0.4 is 0 Å². The molecule has 4 rings (SSSR count). The molecule has 1 aliphatic heterocycles. The molecular formula is C18H21NO3. The summed E-state index contributed by atoms with van der Waals surface area (Å²) in [4.78, 5) is 25.6. The number of piperidine rings is 1. The quantitative estimate of drug-likeness (QED) is 0.932. The first-order valence-corrected chi connectivity index (χ1v) is 8.21. The van der Waals surface area contributed by atoms with Crippen LogP contribution in [0, 0.1) is 23.7 Å². The second kappa shape index (κ2) is 5.11. The normalized spacial score (nSPS) is 36.2. The number of fused-ring (bicyclic) bond motifs is 1. The Morgan fingerprint density at radius 2 is 1.82 bits per heavy atom. The maximum atomic E-state index is 12.6. The number of hydrogen-bond acceptors (Lipinski definition) is 2. The summed E-state index contributed by atoms with van der Waals surface area (Å²) < 4.78 is 0. The highest BCUT2D eigenvalue weighted by Gasteiger charge is 2.57. The molecule has 0 radical (unpaired) electrons. The minimum atomic E-state index is -0.683. The molecule has 1 heterocycles. The molecule has 22 heavy (non-hydrogen) atoms. The number of nitrogens with zero attached hydrogens (tertiary/aromatic N) is 1. The Labute approximate surface area is 130 Å². The second-order valence-corrected chi connectivity index (χ2v) is 7.04. The number of carboxylic acid groups (broad SMARTS) is 1. The van der Waals surface area contributed by atoms with Crippen molar-refractivity contribution in [1.82, 2.24) is 4.90 Å². The van der Waals surface area contributed by atoms with Crippen molar-refractivity contribution < 1.29 is 14.7 Å². The van der Waals surface area contributed by atoms with Gasteiger partial charge in [-0.2, -0.15) is 0 Å². The van der Waals surface area contributed by atoms with Crippen LogP contribution in [0.4, 0.5) is 0 Å². The first-order valence-electron chi connectivity index (χ1n) is 8.21. The molecule has 4 nitrogen and oxygen atoms in total. The van der Waals surface area contributed by atoms with Crippen LogP contribution in [-0.2, 0) is 9.59 Å². The number of benzene rings is 1. The number of rotatable bonds is 3. The van der Waals surface area contributed by atoms with E-state index in [2.05, 4.69) is 12.1 Å². The molecule has 3 aliphatic rings. The molecule has 3 atom stereocenters. The Bertz CT molecular complexity index is 594. The molecular weight excluding hydrogens is 278 g/mol. The highest BCUT2D eigenvalue weighted by molar-refractivity contribution is 5.81. The van der Waals surface area contributed by atoms with Gasteiger partial charge >= 0.3 is 5.97 Å². The smallest absolute Gasteiger partial charge is 0.307 e. The van der Waals surface area contributed by atoms with Gasteiger partial charge in [0.2, 0.25) is 5.91 Å². The van der Waals surface area contributed by atoms with Crippen LogP contribution in [0.3, 0.4) is 0 Å². The lowest BCUT2D eigenvalue weighted by molar-refractivity contribution is -0.141. The van der Waals surface area contributed by atoms with Gasteiger partial charge in [-0.15, -0.1) is 0 Å². The lowest BCUT2D eigenvalue weighted by atomic mass is 9.70. The minimum Gasteiger partial charge on any atom is -0.481 e. The van der Waals surface area contributed by atoms with Gasteiger partial charge in [0.15, 0.2) is 0 Å². The fraction of sp³-hybridized carbons (Fsp3) is 0.556. The van der Waals surface area contributed by atoms with Crippen LogP contribution in [0.15, 0.2) is 30.3 Å². The Kier molecular flexibility index (Phi) is 3.21. The molecule has 1 N–H and O–H groups in total. The number of hydrogen-bond donors (Lipinski definition) is 1. The molecule has 2 saturated carbocycles. The Morgan fingerprint density at radius 1 is 1.09 bits per heavy atom. The standard InChI is InChI=1S/C18H21NO3/c20-17(13-8-12(9-13)11-4-2-1-3-5-11)19-7-6-14-15(10-19)16(14)18(21)22/h1-5,12-16H,6-10H2,(H,21,22)/t12?,13?,14-,15+,16-/m1/s1. The van der Waals surface area contributed by atoms with E-state index in [9.17, 15) is 9.59 Å². The number of amides is 1. The van der Waals surface area contributed by atoms with Crippen LogP contribution in [0.25, 0.3) is 0 Å². The summed E-state index contributed by atoms with van der Waals surface area (Å²) >= 11 is 0. The van der Waals surface area contributed by atoms with Crippen molar-refractivity contribution in [3.63, 3.8) is 0 Å². The molecule has 2 aliphatic carbocycles. The van der Waals surface area contributed by atoms with Crippen molar-refractivity contribution >= 4 is 11.9 Å². The van der Waals surface area contributed by atoms with Gasteiger partial charge in [0.05, 0.1) is 5.92 Å². The first-order chi connectivity index (χ1) is 10.6. The van der Waals surface area contributed by atoms with Crippen molar-refractivity contribution in [3.8, 4) is 0 Å². The number of carbonyl (C=O) groups is 2. The molecule has 0 unspecified atom stereocenters. The van der Waals surface area contributed by atoms with Crippen molar-refractivity contribution in [2.24, 2.45) is 23.7 Å². The topological polar surface area (TPSA) is 57.6 Å². The van der Waals surface area contributed by atoms with Gasteiger partial charge in [0.1, 0.15) is 0 Å². The fourth-order valence-electron chi connectivity index (χ4n) is 4.38. The van der Waals surface area contributed by atoms with E-state index < -0.39 is 5.97 Å². The SMILES string of the molecule is O=C(O)[C@@H]1[C@@H]2CCN(C(=O)C3CC(c4ccccc4)C3)C[C@@H]21. The first kappa shape index (κ1) is 13.8. The van der Waals surface area contributed by atoms with E-state index in [1.54, 1.807) is 0 Å². The third-order valence-electron chi connectivity index (χ3n) is 5.85. The highest BCUT2D eigenvalue weighted by Crippen LogP contribution is 2.52. The van der Waals surface area contributed by atoms with Crippen LogP contribution >= 0.6 is 0 Å². The lowest BCUT2D eigenvalue weighted by Crippen LogP contribution is -2.44. The molecule has 1 aromatic carbocycles. The van der Waals surface area contributed by atoms with E-state index in [1.165, 1.54) is 5.56 Å². The summed E-state index contributed by atoms with van der Waals surface area (Å²) in [6.45, 7) is 1.41. The second-order valence-electron chi connectivity index (χ2n) is 7.04. The highest BCUT2D eigenvalue weighted by atomic mass is 16.4. The minimum absolute atomic E-state index is 0.142. The third-order valence-corrected chi connectivity index (χ3v) is 5.85. The van der Waals surface area contributed by atoms with Gasteiger partial charge in [-0.25, -0.2) is 0 Å². The zero-order valence-electron chi connectivity index (χ0n) is 12.5. The molecule has 0 aromatic heterocycles. The number of aliphatic carboxylic acids is 1. The molecule has 1 amide bonds. The average molecular weight is 299 g/mol. The zero-order chi connectivity index (χ0) is 15.3. The Balaban J connectivity index is 1.32. The number of carbonyl (C=O) groups excluding carboxylic acids is 1. The van der Waals surface area contributed by atoms with Gasteiger partial charge in [-0.05, 0) is 42.6 Å². The van der Waals surface area contributed by atoms with Gasteiger partial charge in [-0.1, -0.05) is 30.3 Å². The summed E-state index contributed by atoms with van der Waals surface area (Å²) in [6, 6.07) is 10.4. The van der Waals surface area contributed by atoms with E-state index in [-0.39, 0.29) is 23.7 Å². The maximum absolute atomic E-state index is 12.6. The summed E-state index contributed by atoms with van der Waals surface area (Å²) in [7, 11) is 0. The monoisotopic (exact) mass is 299 g/mol. The van der Waals surface area contributed by atoms with Gasteiger partial charge in [-0.3, -0.25) is 9.59 Å². The van der Waals surface area contributed by atoms with E-state index in [0.717, 1.165) is 25.8 Å². The summed E-state index contributed by atoms with van der Waals surface area (Å²) in [5.41, 5.74) is 1.33. The Hall–Kier alpha value is -1.84. The fourth-order valence-corrected chi connectivity index (χ4v) is 4.38. The molecule has 4 heteroatoms. The van der Waals surface area contributed by atoms with Crippen molar-refractivity contribution in [1.29, 1.82) is 0 Å². The van der Waals surface area contributed by atoms with Crippen LogP contribution in [0.5, 0.6) is 0 Å². The molecule has 0 spiro atoms. The lowest BCUT2D eigenvalue weighted by Gasteiger charge is -2.39. The van der Waals surface area contributed by atoms with Gasteiger partial charge < -0.3 is 10.0 Å². The van der Waals surface area contributed by atoms with Crippen molar-refractivity contribution in [2.75, 3.05) is 13.1 Å². The van der Waals surface area contributed by atoms with Gasteiger partial charge in [0.25, 0.3) is 0 Å². The molecule has 3 fully saturated rings. The molecule has 1 saturated heterocycles. The van der Waals surface area contributed by atoms with Crippen LogP contribution in [-0.4, -0.2) is 35.0 Å². The Morgan fingerprint density at radius 3 is 2.50 bits per heavy atom. The van der Waals surface area contributed by atoms with E-state index in [4.69, 9.17) is 5.11 Å². The van der Waals surface area contributed by atoms with Crippen LogP contribution in [0.2, 0.25) is 0 Å². The zero-order valence-corrected chi connectivity index (χ0v) is 12.5. The predicted octanol–water partition coefficient (Wildman–Crippen LogP) is 2.36. The molecule has 0 bridgehead atoms. The van der Waals surface area contributed by atoms with E-state index in [0.29, 0.717) is 18.4 Å². The summed E-state index contributed by atoms with van der Waals surface area (Å²) in [6.07, 6.45) is 2.74. The summed E-state index contributed by atoms with van der Waals surface area (Å²) in [5, 5.41) is 9.13. The van der Waals surface area contributed by atoms with Gasteiger partial charge in [0, 0.05) is 19.0 Å². The number of carboxylic acids is 1. The average Bonchev–Trinajstić information content (AvgIpc) is 3.20. The largest absolute Gasteiger partial charge is 0.481 e. The number of likely N-dealkylation sites (tertiary alicyclic amines) is 1. The maximum Gasteiger partial charge on any atom is 0.307 e. The molecule has 116 valence electrons. The third kappa shape index (κ3) is 2.21.